The first-order valence-electron chi connectivity index (χ1n) is 9.97. The van der Waals surface area contributed by atoms with Gasteiger partial charge in [0.2, 0.25) is 0 Å². The highest BCUT2D eigenvalue weighted by Crippen LogP contribution is 2.51. The number of nitriles is 1. The minimum Gasteiger partial charge on any atom is -0.372 e. The van der Waals surface area contributed by atoms with Gasteiger partial charge in [-0.3, -0.25) is 0 Å². The van der Waals surface area contributed by atoms with E-state index in [4.69, 9.17) is 4.74 Å². The Labute approximate surface area is 171 Å². The van der Waals surface area contributed by atoms with Crippen molar-refractivity contribution in [1.29, 1.82) is 5.26 Å². The average molecular weight is 375 g/mol. The molecule has 0 N–H and O–H groups in total. The standard InChI is InChI=1S/C27H21NO/c1-3-17-8-11-19(12-9-17)25-23-14-18(16-28)10-13-20(23)15-24-26(25)21-6-4-5-7-22(21)27(24)29-2/h4-15,27H,3H2,1-2H3. The molecule has 1 unspecified atom stereocenters. The fourth-order valence-corrected chi connectivity index (χ4v) is 4.57. The first kappa shape index (κ1) is 17.7. The van der Waals surface area contributed by atoms with Crippen LogP contribution in [0.5, 0.6) is 0 Å². The van der Waals surface area contributed by atoms with Crippen molar-refractivity contribution in [2.75, 3.05) is 7.11 Å². The molecule has 0 radical (unpaired) electrons. The maximum atomic E-state index is 9.49. The average Bonchev–Trinajstić information content (AvgIpc) is 3.10. The van der Waals surface area contributed by atoms with Gasteiger partial charge in [-0.2, -0.15) is 5.26 Å². The highest BCUT2D eigenvalue weighted by molar-refractivity contribution is 6.07. The van der Waals surface area contributed by atoms with E-state index in [1.165, 1.54) is 38.9 Å². The van der Waals surface area contributed by atoms with E-state index in [2.05, 4.69) is 67.6 Å². The Morgan fingerprint density at radius 2 is 1.69 bits per heavy atom. The van der Waals surface area contributed by atoms with Crippen molar-refractivity contribution in [3.63, 3.8) is 0 Å². The lowest BCUT2D eigenvalue weighted by Crippen LogP contribution is -1.99. The maximum absolute atomic E-state index is 9.49. The fraction of sp³-hybridized carbons (Fsp3) is 0.148. The van der Waals surface area contributed by atoms with Crippen LogP contribution in [0.25, 0.3) is 33.0 Å². The van der Waals surface area contributed by atoms with Crippen LogP contribution in [0.3, 0.4) is 0 Å². The van der Waals surface area contributed by atoms with Crippen LogP contribution in [0.1, 0.15) is 35.3 Å². The topological polar surface area (TPSA) is 33.0 Å². The van der Waals surface area contributed by atoms with Gasteiger partial charge in [0, 0.05) is 7.11 Å². The molecule has 2 heteroatoms. The number of methoxy groups -OCH3 is 1. The molecule has 1 aliphatic rings. The summed E-state index contributed by atoms with van der Waals surface area (Å²) in [5, 5.41) is 11.7. The van der Waals surface area contributed by atoms with Gasteiger partial charge in [-0.25, -0.2) is 0 Å². The van der Waals surface area contributed by atoms with Crippen LogP contribution in [0.2, 0.25) is 0 Å². The Balaban J connectivity index is 1.92. The quantitative estimate of drug-likeness (QED) is 0.401. The Kier molecular flexibility index (Phi) is 4.19. The SMILES string of the molecule is CCc1ccc(-c2c3c(cc4ccc(C#N)cc24)C(OC)c2ccccc2-3)cc1. The second-order valence-electron chi connectivity index (χ2n) is 7.52. The zero-order valence-electron chi connectivity index (χ0n) is 16.6. The zero-order valence-corrected chi connectivity index (χ0v) is 16.6. The lowest BCUT2D eigenvalue weighted by molar-refractivity contribution is 0.140. The number of hydrogen-bond acceptors (Lipinski definition) is 2. The van der Waals surface area contributed by atoms with E-state index < -0.39 is 0 Å². The first-order valence-corrected chi connectivity index (χ1v) is 9.97. The lowest BCUT2D eigenvalue weighted by Gasteiger charge is -2.17. The molecule has 1 atom stereocenters. The Bertz CT molecular complexity index is 1280. The van der Waals surface area contributed by atoms with Crippen molar-refractivity contribution < 1.29 is 4.74 Å². The number of fused-ring (bicyclic) bond motifs is 4. The molecular weight excluding hydrogens is 354 g/mol. The molecule has 0 bridgehead atoms. The molecule has 0 saturated carbocycles. The number of rotatable bonds is 3. The van der Waals surface area contributed by atoms with Gasteiger partial charge >= 0.3 is 0 Å². The van der Waals surface area contributed by atoms with Gasteiger partial charge in [0.1, 0.15) is 6.10 Å². The van der Waals surface area contributed by atoms with Gasteiger partial charge in [-0.05, 0) is 74.3 Å². The van der Waals surface area contributed by atoms with E-state index in [0.29, 0.717) is 5.56 Å². The fourth-order valence-electron chi connectivity index (χ4n) is 4.57. The first-order chi connectivity index (χ1) is 14.2. The highest BCUT2D eigenvalue weighted by atomic mass is 16.5. The van der Waals surface area contributed by atoms with Crippen molar-refractivity contribution in [1.82, 2.24) is 0 Å². The summed E-state index contributed by atoms with van der Waals surface area (Å²) in [6, 6.07) is 27.8. The van der Waals surface area contributed by atoms with E-state index in [1.54, 1.807) is 7.11 Å². The number of hydrogen-bond donors (Lipinski definition) is 0. The predicted molar refractivity (Wildman–Crippen MR) is 118 cm³/mol. The zero-order chi connectivity index (χ0) is 20.0. The van der Waals surface area contributed by atoms with Crippen LogP contribution in [0.4, 0.5) is 0 Å². The molecule has 0 aliphatic heterocycles. The summed E-state index contributed by atoms with van der Waals surface area (Å²) >= 11 is 0. The lowest BCUT2D eigenvalue weighted by atomic mass is 9.88. The third-order valence-electron chi connectivity index (χ3n) is 5.98. The summed E-state index contributed by atoms with van der Waals surface area (Å²) in [4.78, 5) is 0. The molecule has 2 nitrogen and oxygen atoms in total. The maximum Gasteiger partial charge on any atom is 0.108 e. The Hall–Kier alpha value is -3.41. The molecule has 0 heterocycles. The smallest absolute Gasteiger partial charge is 0.108 e. The number of ether oxygens (including phenoxy) is 1. The number of aryl methyl sites for hydroxylation is 1. The molecule has 0 fully saturated rings. The summed E-state index contributed by atoms with van der Waals surface area (Å²) in [5.41, 5.74) is 9.19. The van der Waals surface area contributed by atoms with E-state index in [9.17, 15) is 5.26 Å². The van der Waals surface area contributed by atoms with E-state index in [1.807, 2.05) is 18.2 Å². The second kappa shape index (κ2) is 6.88. The van der Waals surface area contributed by atoms with Crippen LogP contribution in [-0.4, -0.2) is 7.11 Å². The summed E-state index contributed by atoms with van der Waals surface area (Å²) in [5.74, 6) is 0. The molecule has 1 aliphatic carbocycles. The van der Waals surface area contributed by atoms with Crippen LogP contribution in [0, 0.1) is 11.3 Å². The Morgan fingerprint density at radius 1 is 0.897 bits per heavy atom. The molecule has 0 aromatic heterocycles. The molecule has 0 saturated heterocycles. The Morgan fingerprint density at radius 3 is 2.41 bits per heavy atom. The largest absolute Gasteiger partial charge is 0.372 e. The van der Waals surface area contributed by atoms with Crippen molar-refractivity contribution in [2.24, 2.45) is 0 Å². The molecule has 140 valence electrons. The van der Waals surface area contributed by atoms with Crippen molar-refractivity contribution in [3.8, 4) is 28.3 Å². The molecular formula is C27H21NO. The van der Waals surface area contributed by atoms with Crippen molar-refractivity contribution in [2.45, 2.75) is 19.4 Å². The molecule has 0 amide bonds. The summed E-state index contributed by atoms with van der Waals surface area (Å²) in [6.45, 7) is 2.17. The minimum absolute atomic E-state index is 0.0742. The van der Waals surface area contributed by atoms with Gasteiger partial charge in [0.15, 0.2) is 0 Å². The summed E-state index contributed by atoms with van der Waals surface area (Å²) in [6.07, 6.45) is 0.941. The van der Waals surface area contributed by atoms with E-state index in [0.717, 1.165) is 17.2 Å². The number of benzene rings is 4. The summed E-state index contributed by atoms with van der Waals surface area (Å²) in [7, 11) is 1.77. The third-order valence-corrected chi connectivity index (χ3v) is 5.98. The van der Waals surface area contributed by atoms with Gasteiger partial charge < -0.3 is 4.74 Å². The van der Waals surface area contributed by atoms with Crippen molar-refractivity contribution in [3.05, 3.63) is 95.1 Å². The second-order valence-corrected chi connectivity index (χ2v) is 7.52. The van der Waals surface area contributed by atoms with E-state index >= 15 is 0 Å². The summed E-state index contributed by atoms with van der Waals surface area (Å²) < 4.78 is 5.93. The molecule has 29 heavy (non-hydrogen) atoms. The molecule has 5 rings (SSSR count). The number of nitrogens with zero attached hydrogens (tertiary/aromatic N) is 1. The van der Waals surface area contributed by atoms with Crippen molar-refractivity contribution >= 4 is 10.8 Å². The van der Waals surface area contributed by atoms with Crippen LogP contribution < -0.4 is 0 Å². The van der Waals surface area contributed by atoms with E-state index in [-0.39, 0.29) is 6.10 Å². The van der Waals surface area contributed by atoms with Crippen LogP contribution >= 0.6 is 0 Å². The molecule has 4 aromatic carbocycles. The minimum atomic E-state index is -0.0742. The van der Waals surface area contributed by atoms with Gasteiger partial charge in [0.05, 0.1) is 11.6 Å². The predicted octanol–water partition coefficient (Wildman–Crippen LogP) is 6.66. The van der Waals surface area contributed by atoms with Gasteiger partial charge in [-0.15, -0.1) is 0 Å². The van der Waals surface area contributed by atoms with Gasteiger partial charge in [0.25, 0.3) is 0 Å². The third kappa shape index (κ3) is 2.67. The monoisotopic (exact) mass is 375 g/mol. The van der Waals surface area contributed by atoms with Gasteiger partial charge in [-0.1, -0.05) is 61.5 Å². The molecule has 4 aromatic rings. The highest BCUT2D eigenvalue weighted by Gasteiger charge is 2.32. The van der Waals surface area contributed by atoms with Crippen LogP contribution in [-0.2, 0) is 11.2 Å². The normalized spacial score (nSPS) is 14.4. The van der Waals surface area contributed by atoms with Crippen LogP contribution in [0.15, 0.2) is 72.8 Å². The molecule has 0 spiro atoms.